The Hall–Kier alpha value is -3.15. The number of cyclic esters (lactones) is 1. The van der Waals surface area contributed by atoms with Crippen LogP contribution >= 0.6 is 0 Å². The first kappa shape index (κ1) is 15.7. The Balaban J connectivity index is 2.02. The van der Waals surface area contributed by atoms with E-state index in [-0.39, 0.29) is 11.3 Å². The van der Waals surface area contributed by atoms with Crippen LogP contribution in [0.4, 0.5) is 10.1 Å². The van der Waals surface area contributed by atoms with E-state index in [0.29, 0.717) is 11.3 Å². The summed E-state index contributed by atoms with van der Waals surface area (Å²) in [5.41, 5.74) is 1.18. The molecule has 0 spiro atoms. The molecule has 0 bridgehead atoms. The van der Waals surface area contributed by atoms with Gasteiger partial charge in [0.2, 0.25) is 0 Å². The number of rotatable bonds is 4. The van der Waals surface area contributed by atoms with Crippen LogP contribution in [0.3, 0.4) is 0 Å². The minimum absolute atomic E-state index is 0.0117. The van der Waals surface area contributed by atoms with E-state index in [2.05, 4.69) is 5.32 Å². The molecule has 1 unspecified atom stereocenters. The largest absolute Gasteiger partial charge is 0.465 e. The third-order valence-electron chi connectivity index (χ3n) is 3.58. The van der Waals surface area contributed by atoms with Gasteiger partial charge >= 0.3 is 11.9 Å². The van der Waals surface area contributed by atoms with E-state index in [1.807, 2.05) is 6.07 Å². The summed E-state index contributed by atoms with van der Waals surface area (Å²) in [6.45, 7) is 0. The quantitative estimate of drug-likeness (QED) is 0.875. The average molecular weight is 327 g/mol. The first-order valence-corrected chi connectivity index (χ1v) is 7.21. The number of hydrogen-bond donors (Lipinski definition) is 1. The van der Waals surface area contributed by atoms with Crippen molar-refractivity contribution >= 4 is 17.6 Å². The van der Waals surface area contributed by atoms with E-state index in [0.717, 1.165) is 0 Å². The summed E-state index contributed by atoms with van der Waals surface area (Å²) in [6.07, 6.45) is -0.853. The van der Waals surface area contributed by atoms with Crippen LogP contribution in [0.2, 0.25) is 0 Å². The second-order valence-electron chi connectivity index (χ2n) is 5.11. The fraction of sp³-hybridized carbons (Fsp3) is 0.111. The van der Waals surface area contributed by atoms with Gasteiger partial charge in [-0.1, -0.05) is 30.3 Å². The van der Waals surface area contributed by atoms with Crippen molar-refractivity contribution in [2.75, 3.05) is 12.4 Å². The number of ether oxygens (including phenoxy) is 2. The van der Waals surface area contributed by atoms with E-state index in [4.69, 9.17) is 9.47 Å². The molecule has 0 saturated heterocycles. The third kappa shape index (κ3) is 2.99. The summed E-state index contributed by atoms with van der Waals surface area (Å²) in [5, 5.41) is 2.82. The lowest BCUT2D eigenvalue weighted by Crippen LogP contribution is -2.14. The lowest BCUT2D eigenvalue weighted by Gasteiger charge is -2.12. The van der Waals surface area contributed by atoms with Crippen molar-refractivity contribution in [2.45, 2.75) is 6.10 Å². The molecule has 1 N–H and O–H groups in total. The Morgan fingerprint density at radius 1 is 1.12 bits per heavy atom. The summed E-state index contributed by atoms with van der Waals surface area (Å²) < 4.78 is 23.1. The molecular formula is C18H14FNO4. The molecule has 0 radical (unpaired) electrons. The summed E-state index contributed by atoms with van der Waals surface area (Å²) in [4.78, 5) is 24.4. The lowest BCUT2D eigenvalue weighted by atomic mass is 10.0. The third-order valence-corrected chi connectivity index (χ3v) is 3.58. The monoisotopic (exact) mass is 327 g/mol. The number of anilines is 1. The minimum atomic E-state index is -0.853. The van der Waals surface area contributed by atoms with Crippen LogP contribution < -0.4 is 5.32 Å². The highest BCUT2D eigenvalue weighted by Gasteiger charge is 2.40. The number of benzene rings is 2. The van der Waals surface area contributed by atoms with Crippen molar-refractivity contribution in [1.82, 2.24) is 0 Å². The van der Waals surface area contributed by atoms with Crippen molar-refractivity contribution in [1.29, 1.82) is 0 Å². The van der Waals surface area contributed by atoms with Gasteiger partial charge in [-0.2, -0.15) is 0 Å². The molecule has 0 saturated carbocycles. The Bertz CT molecular complexity index is 800. The SMILES string of the molecule is COC(=O)C1=C(Nc2ccc(F)cc2)C(=O)OC1c1ccccc1. The van der Waals surface area contributed by atoms with Gasteiger partial charge in [0, 0.05) is 5.69 Å². The zero-order valence-corrected chi connectivity index (χ0v) is 12.8. The van der Waals surface area contributed by atoms with Crippen LogP contribution in [0.25, 0.3) is 0 Å². The summed E-state index contributed by atoms with van der Waals surface area (Å²) in [7, 11) is 1.23. The number of nitrogens with one attached hydrogen (secondary N) is 1. The summed E-state index contributed by atoms with van der Waals surface area (Å²) in [5.74, 6) is -1.74. The highest BCUT2D eigenvalue weighted by Crippen LogP contribution is 2.36. The summed E-state index contributed by atoms with van der Waals surface area (Å²) >= 11 is 0. The molecule has 0 aliphatic carbocycles. The van der Waals surface area contributed by atoms with Crippen LogP contribution in [0.5, 0.6) is 0 Å². The van der Waals surface area contributed by atoms with Crippen molar-refractivity contribution in [2.24, 2.45) is 0 Å². The van der Waals surface area contributed by atoms with E-state index in [9.17, 15) is 14.0 Å². The molecule has 2 aromatic carbocycles. The van der Waals surface area contributed by atoms with Gasteiger partial charge in [-0.3, -0.25) is 0 Å². The van der Waals surface area contributed by atoms with E-state index < -0.39 is 23.9 Å². The van der Waals surface area contributed by atoms with Crippen LogP contribution in [-0.2, 0) is 19.1 Å². The van der Waals surface area contributed by atoms with Gasteiger partial charge < -0.3 is 14.8 Å². The Labute approximate surface area is 137 Å². The topological polar surface area (TPSA) is 64.6 Å². The number of carbonyl (C=O) groups is 2. The zero-order valence-electron chi connectivity index (χ0n) is 12.8. The van der Waals surface area contributed by atoms with Gasteiger partial charge in [0.1, 0.15) is 17.1 Å². The molecule has 5 nitrogen and oxygen atoms in total. The number of methoxy groups -OCH3 is 1. The van der Waals surface area contributed by atoms with Crippen LogP contribution in [0.15, 0.2) is 65.9 Å². The van der Waals surface area contributed by atoms with Gasteiger partial charge in [0.05, 0.1) is 7.11 Å². The Morgan fingerprint density at radius 2 is 1.79 bits per heavy atom. The molecule has 122 valence electrons. The number of halogens is 1. The second-order valence-corrected chi connectivity index (χ2v) is 5.11. The molecular weight excluding hydrogens is 313 g/mol. The molecule has 1 aliphatic rings. The average Bonchev–Trinajstić information content (AvgIpc) is 2.93. The first-order chi connectivity index (χ1) is 11.6. The van der Waals surface area contributed by atoms with E-state index in [1.54, 1.807) is 24.3 Å². The van der Waals surface area contributed by atoms with Crippen molar-refractivity contribution in [3.63, 3.8) is 0 Å². The minimum Gasteiger partial charge on any atom is -0.465 e. The number of esters is 2. The lowest BCUT2D eigenvalue weighted by molar-refractivity contribution is -0.141. The maximum Gasteiger partial charge on any atom is 0.356 e. The molecule has 2 aromatic rings. The molecule has 0 aromatic heterocycles. The predicted molar refractivity (Wildman–Crippen MR) is 84.3 cm³/mol. The molecule has 0 fully saturated rings. The van der Waals surface area contributed by atoms with Gasteiger partial charge in [-0.05, 0) is 29.8 Å². The molecule has 1 atom stereocenters. The predicted octanol–water partition coefficient (Wildman–Crippen LogP) is 2.96. The van der Waals surface area contributed by atoms with Gasteiger partial charge in [-0.25, -0.2) is 14.0 Å². The first-order valence-electron chi connectivity index (χ1n) is 7.21. The molecule has 6 heteroatoms. The molecule has 0 amide bonds. The van der Waals surface area contributed by atoms with Crippen molar-refractivity contribution in [3.8, 4) is 0 Å². The highest BCUT2D eigenvalue weighted by atomic mass is 19.1. The maximum atomic E-state index is 13.0. The van der Waals surface area contributed by atoms with E-state index >= 15 is 0 Å². The molecule has 1 heterocycles. The smallest absolute Gasteiger partial charge is 0.356 e. The maximum absolute atomic E-state index is 13.0. The number of hydrogen-bond acceptors (Lipinski definition) is 5. The molecule has 24 heavy (non-hydrogen) atoms. The van der Waals surface area contributed by atoms with Crippen molar-refractivity contribution < 1.29 is 23.5 Å². The second kappa shape index (κ2) is 6.54. The van der Waals surface area contributed by atoms with E-state index in [1.165, 1.54) is 31.4 Å². The highest BCUT2D eigenvalue weighted by molar-refractivity contribution is 6.06. The summed E-state index contributed by atoms with van der Waals surface area (Å²) in [6, 6.07) is 14.3. The van der Waals surface area contributed by atoms with Gasteiger partial charge in [0.15, 0.2) is 6.10 Å². The zero-order chi connectivity index (χ0) is 17.1. The van der Waals surface area contributed by atoms with Crippen LogP contribution in [0, 0.1) is 5.82 Å². The normalized spacial score (nSPS) is 16.8. The van der Waals surface area contributed by atoms with Crippen LogP contribution in [-0.4, -0.2) is 19.0 Å². The van der Waals surface area contributed by atoms with Gasteiger partial charge in [-0.15, -0.1) is 0 Å². The van der Waals surface area contributed by atoms with Crippen molar-refractivity contribution in [3.05, 3.63) is 77.2 Å². The fourth-order valence-corrected chi connectivity index (χ4v) is 2.44. The van der Waals surface area contributed by atoms with Crippen LogP contribution in [0.1, 0.15) is 11.7 Å². The number of carbonyl (C=O) groups excluding carboxylic acids is 2. The Morgan fingerprint density at radius 3 is 2.42 bits per heavy atom. The standard InChI is InChI=1S/C18H14FNO4/c1-23-17(21)14-15(20-13-9-7-12(19)8-10-13)18(22)24-16(14)11-5-3-2-4-6-11/h2-10,16,20H,1H3. The fourth-order valence-electron chi connectivity index (χ4n) is 2.44. The Kier molecular flexibility index (Phi) is 4.29. The van der Waals surface area contributed by atoms with Gasteiger partial charge in [0.25, 0.3) is 0 Å². The molecule has 3 rings (SSSR count). The molecule has 1 aliphatic heterocycles.